The van der Waals surface area contributed by atoms with Gasteiger partial charge in [-0.2, -0.15) is 0 Å². The summed E-state index contributed by atoms with van der Waals surface area (Å²) in [6, 6.07) is 14.3. The van der Waals surface area contributed by atoms with Crippen LogP contribution in [0, 0.1) is 20.8 Å². The van der Waals surface area contributed by atoms with Crippen LogP contribution in [0.2, 0.25) is 0 Å². The molecule has 1 amide bonds. The van der Waals surface area contributed by atoms with Gasteiger partial charge in [0.2, 0.25) is 5.91 Å². The Morgan fingerprint density at radius 3 is 2.71 bits per heavy atom. The lowest BCUT2D eigenvalue weighted by Gasteiger charge is -2.32. The maximum absolute atomic E-state index is 13.1. The minimum atomic E-state index is -0.291. The van der Waals surface area contributed by atoms with Crippen molar-refractivity contribution in [1.29, 1.82) is 0 Å². The Morgan fingerprint density at radius 1 is 1.09 bits per heavy atom. The van der Waals surface area contributed by atoms with Crippen molar-refractivity contribution in [3.05, 3.63) is 86.5 Å². The highest BCUT2D eigenvalue weighted by Crippen LogP contribution is 2.25. The average Bonchev–Trinajstić information content (AvgIpc) is 3.26. The predicted octanol–water partition coefficient (Wildman–Crippen LogP) is 3.44. The van der Waals surface area contributed by atoms with Crippen molar-refractivity contribution in [2.75, 3.05) is 13.1 Å². The Kier molecular flexibility index (Phi) is 6.19. The van der Waals surface area contributed by atoms with E-state index in [1.165, 1.54) is 5.56 Å². The second-order valence-electron chi connectivity index (χ2n) is 9.58. The molecule has 1 atom stereocenters. The molecule has 8 nitrogen and oxygen atoms in total. The summed E-state index contributed by atoms with van der Waals surface area (Å²) in [5.41, 5.74) is 6.03. The molecule has 1 aliphatic rings. The Balaban J connectivity index is 1.39. The number of likely N-dealkylation sites (tertiary alicyclic amines) is 1. The molecular weight excluding hydrogens is 440 g/mol. The van der Waals surface area contributed by atoms with Crippen molar-refractivity contribution in [3.8, 4) is 0 Å². The fraction of sp³-hybridized carbons (Fsp3) is 0.370. The van der Waals surface area contributed by atoms with E-state index in [0.29, 0.717) is 31.0 Å². The van der Waals surface area contributed by atoms with Gasteiger partial charge in [-0.15, -0.1) is 5.10 Å². The van der Waals surface area contributed by atoms with Crippen molar-refractivity contribution in [1.82, 2.24) is 29.9 Å². The van der Waals surface area contributed by atoms with Crippen LogP contribution in [0.4, 0.5) is 0 Å². The Labute approximate surface area is 204 Å². The molecule has 0 radical (unpaired) electrons. The van der Waals surface area contributed by atoms with Crippen molar-refractivity contribution in [3.63, 3.8) is 0 Å². The fourth-order valence-electron chi connectivity index (χ4n) is 4.83. The van der Waals surface area contributed by atoms with Crippen molar-refractivity contribution in [2.45, 2.75) is 52.5 Å². The molecule has 180 valence electrons. The molecule has 1 fully saturated rings. The van der Waals surface area contributed by atoms with Crippen molar-refractivity contribution < 1.29 is 4.79 Å². The number of carbonyl (C=O) groups is 1. The van der Waals surface area contributed by atoms with E-state index in [-0.39, 0.29) is 22.9 Å². The first-order chi connectivity index (χ1) is 16.9. The van der Waals surface area contributed by atoms with Crippen LogP contribution in [-0.2, 0) is 17.8 Å². The number of nitrogens with zero attached hydrogens (tertiary/aromatic N) is 5. The summed E-state index contributed by atoms with van der Waals surface area (Å²) in [7, 11) is 0. The molecule has 3 heterocycles. The highest BCUT2D eigenvalue weighted by Gasteiger charge is 2.27. The average molecular weight is 471 g/mol. The van der Waals surface area contributed by atoms with Gasteiger partial charge in [-0.25, -0.2) is 9.67 Å². The standard InChI is InChI=1S/C27H30N6O2/c1-17-10-11-19(3)22(13-17)16-33-26-24(30-31-33)27(35)29-25(28-26)21-9-6-12-32(15-21)23(34)14-20-8-5-4-7-18(20)2/h4-5,7-8,10-11,13,21H,6,9,12,14-16H2,1-3H3,(H,28,29,35)/t21-/m1/s1. The van der Waals surface area contributed by atoms with Crippen LogP contribution in [0.5, 0.6) is 0 Å². The number of fused-ring (bicyclic) bond motifs is 1. The van der Waals surface area contributed by atoms with Crippen LogP contribution >= 0.6 is 0 Å². The van der Waals surface area contributed by atoms with E-state index in [0.717, 1.165) is 41.6 Å². The molecule has 35 heavy (non-hydrogen) atoms. The summed E-state index contributed by atoms with van der Waals surface area (Å²) < 4.78 is 1.69. The summed E-state index contributed by atoms with van der Waals surface area (Å²) in [5.74, 6) is 0.667. The molecular formula is C27H30N6O2. The number of aromatic nitrogens is 5. The van der Waals surface area contributed by atoms with Gasteiger partial charge in [-0.05, 0) is 55.9 Å². The number of hydrogen-bond donors (Lipinski definition) is 1. The number of aromatic amines is 1. The van der Waals surface area contributed by atoms with Gasteiger partial charge in [-0.1, -0.05) is 53.2 Å². The zero-order valence-corrected chi connectivity index (χ0v) is 20.4. The summed E-state index contributed by atoms with van der Waals surface area (Å²) in [6.45, 7) is 7.90. The van der Waals surface area contributed by atoms with Crippen LogP contribution in [0.15, 0.2) is 47.3 Å². The third kappa shape index (κ3) is 4.73. The van der Waals surface area contributed by atoms with Gasteiger partial charge in [-0.3, -0.25) is 9.59 Å². The molecule has 1 aliphatic heterocycles. The molecule has 0 unspecified atom stereocenters. The minimum Gasteiger partial charge on any atom is -0.342 e. The number of nitrogens with one attached hydrogen (secondary N) is 1. The molecule has 4 aromatic rings. The SMILES string of the molecule is Cc1ccc(C)c(Cn2nnc3c(=O)[nH]c([C@@H]4CCCN(C(=O)Cc5ccccc5C)C4)nc32)c1. The summed E-state index contributed by atoms with van der Waals surface area (Å²) in [6.07, 6.45) is 2.11. The van der Waals surface area contributed by atoms with E-state index < -0.39 is 0 Å². The highest BCUT2D eigenvalue weighted by molar-refractivity contribution is 5.79. The zero-order valence-electron chi connectivity index (χ0n) is 20.4. The fourth-order valence-corrected chi connectivity index (χ4v) is 4.83. The third-order valence-electron chi connectivity index (χ3n) is 6.98. The first kappa shape index (κ1) is 23.0. The maximum atomic E-state index is 13.1. The summed E-state index contributed by atoms with van der Waals surface area (Å²) in [5, 5.41) is 8.32. The van der Waals surface area contributed by atoms with E-state index >= 15 is 0 Å². The predicted molar refractivity (Wildman–Crippen MR) is 134 cm³/mol. The number of hydrogen-bond acceptors (Lipinski definition) is 5. The number of H-pyrrole nitrogens is 1. The van der Waals surface area contributed by atoms with Gasteiger partial charge in [0.25, 0.3) is 5.56 Å². The van der Waals surface area contributed by atoms with Crippen LogP contribution in [0.1, 0.15) is 52.4 Å². The van der Waals surface area contributed by atoms with E-state index in [9.17, 15) is 9.59 Å². The van der Waals surface area contributed by atoms with Gasteiger partial charge in [0.05, 0.1) is 13.0 Å². The van der Waals surface area contributed by atoms with Crippen molar-refractivity contribution >= 4 is 17.1 Å². The number of rotatable bonds is 5. The van der Waals surface area contributed by atoms with E-state index in [2.05, 4.69) is 47.3 Å². The smallest absolute Gasteiger partial charge is 0.281 e. The lowest BCUT2D eigenvalue weighted by atomic mass is 9.96. The third-order valence-corrected chi connectivity index (χ3v) is 6.98. The van der Waals surface area contributed by atoms with Gasteiger partial charge in [0.15, 0.2) is 11.2 Å². The van der Waals surface area contributed by atoms with Gasteiger partial charge in [0, 0.05) is 19.0 Å². The summed E-state index contributed by atoms with van der Waals surface area (Å²) in [4.78, 5) is 35.5. The van der Waals surface area contributed by atoms with Crippen molar-refractivity contribution in [2.24, 2.45) is 0 Å². The molecule has 2 aromatic heterocycles. The quantitative estimate of drug-likeness (QED) is 0.482. The number of benzene rings is 2. The monoisotopic (exact) mass is 470 g/mol. The Hall–Kier alpha value is -3.81. The molecule has 1 N–H and O–H groups in total. The second kappa shape index (κ2) is 9.44. The van der Waals surface area contributed by atoms with Crippen LogP contribution < -0.4 is 5.56 Å². The van der Waals surface area contributed by atoms with Crippen LogP contribution in [0.25, 0.3) is 11.2 Å². The lowest BCUT2D eigenvalue weighted by molar-refractivity contribution is -0.131. The maximum Gasteiger partial charge on any atom is 0.281 e. The lowest BCUT2D eigenvalue weighted by Crippen LogP contribution is -2.40. The number of amides is 1. The molecule has 0 spiro atoms. The molecule has 8 heteroatoms. The van der Waals surface area contributed by atoms with E-state index in [1.54, 1.807) is 4.68 Å². The zero-order chi connectivity index (χ0) is 24.5. The van der Waals surface area contributed by atoms with Crippen LogP contribution in [0.3, 0.4) is 0 Å². The molecule has 0 saturated carbocycles. The minimum absolute atomic E-state index is 0.0364. The number of aryl methyl sites for hydroxylation is 3. The largest absolute Gasteiger partial charge is 0.342 e. The first-order valence-electron chi connectivity index (χ1n) is 12.1. The van der Waals surface area contributed by atoms with Gasteiger partial charge >= 0.3 is 0 Å². The molecule has 5 rings (SSSR count). The molecule has 1 saturated heterocycles. The second-order valence-corrected chi connectivity index (χ2v) is 9.58. The summed E-state index contributed by atoms with van der Waals surface area (Å²) >= 11 is 0. The molecule has 0 aliphatic carbocycles. The number of piperidine rings is 1. The first-order valence-corrected chi connectivity index (χ1v) is 12.1. The number of carbonyl (C=O) groups excluding carboxylic acids is 1. The normalized spacial score (nSPS) is 16.1. The Bertz CT molecular complexity index is 1450. The Morgan fingerprint density at radius 2 is 1.89 bits per heavy atom. The highest BCUT2D eigenvalue weighted by atomic mass is 16.2. The molecule has 0 bridgehead atoms. The van der Waals surface area contributed by atoms with Gasteiger partial charge in [0.1, 0.15) is 5.82 Å². The molecule has 2 aromatic carbocycles. The van der Waals surface area contributed by atoms with E-state index in [4.69, 9.17) is 4.98 Å². The van der Waals surface area contributed by atoms with E-state index in [1.807, 2.05) is 36.1 Å². The topological polar surface area (TPSA) is 96.8 Å². The van der Waals surface area contributed by atoms with Crippen LogP contribution in [-0.4, -0.2) is 48.9 Å². The van der Waals surface area contributed by atoms with Gasteiger partial charge < -0.3 is 9.88 Å².